The lowest BCUT2D eigenvalue weighted by atomic mass is 10.1. The average molecular weight is 335 g/mol. The molecule has 2 rings (SSSR count). The van der Waals surface area contributed by atoms with Gasteiger partial charge in [0.15, 0.2) is 5.78 Å². The van der Waals surface area contributed by atoms with Crippen molar-refractivity contribution in [3.8, 4) is 0 Å². The highest BCUT2D eigenvalue weighted by atomic mass is 35.5. The second-order valence-corrected chi connectivity index (χ2v) is 6.69. The Balaban J connectivity index is 2.15. The highest BCUT2D eigenvalue weighted by molar-refractivity contribution is 7.20. The number of carbonyl (C=O) groups excluding carboxylic acids is 3. The number of piperazine rings is 1. The van der Waals surface area contributed by atoms with Crippen LogP contribution in [0.15, 0.2) is 6.07 Å². The molecule has 0 radical (unpaired) electrons. The predicted octanol–water partition coefficient (Wildman–Crippen LogP) is 1.97. The number of rotatable bonds is 4. The molecule has 1 aromatic rings. The number of ketones is 1. The van der Waals surface area contributed by atoms with Crippen LogP contribution in [0, 0.1) is 0 Å². The highest BCUT2D eigenvalue weighted by Gasteiger charge is 2.33. The normalized spacial score (nSPS) is 20.1. The summed E-state index contributed by atoms with van der Waals surface area (Å²) in [5.41, 5.74) is 0.329. The lowest BCUT2D eigenvalue weighted by Crippen LogP contribution is -2.58. The zero-order valence-corrected chi connectivity index (χ0v) is 12.9. The van der Waals surface area contributed by atoms with Crippen molar-refractivity contribution >= 4 is 52.1 Å². The van der Waals surface area contributed by atoms with Crippen molar-refractivity contribution in [2.45, 2.75) is 19.4 Å². The molecule has 2 amide bonds. The van der Waals surface area contributed by atoms with Crippen LogP contribution < -0.4 is 5.32 Å². The molecule has 1 aliphatic rings. The van der Waals surface area contributed by atoms with Gasteiger partial charge in [-0.25, -0.2) is 0 Å². The van der Waals surface area contributed by atoms with Gasteiger partial charge in [-0.15, -0.1) is 11.3 Å². The van der Waals surface area contributed by atoms with E-state index in [0.29, 0.717) is 20.7 Å². The lowest BCUT2D eigenvalue weighted by Gasteiger charge is -2.32. The third kappa shape index (κ3) is 3.20. The quantitative estimate of drug-likeness (QED) is 0.675. The molecule has 1 saturated heterocycles. The van der Waals surface area contributed by atoms with Crippen LogP contribution in [0.1, 0.15) is 23.7 Å². The number of nitrogens with zero attached hydrogens (tertiary/aromatic N) is 1. The Hall–Kier alpha value is -0.950. The molecule has 1 aromatic heterocycles. The van der Waals surface area contributed by atoms with Crippen molar-refractivity contribution in [3.05, 3.63) is 20.3 Å². The molecule has 1 unspecified atom stereocenters. The smallest absolute Gasteiger partial charge is 0.243 e. The van der Waals surface area contributed by atoms with Crippen LogP contribution in [-0.4, -0.2) is 41.6 Å². The van der Waals surface area contributed by atoms with E-state index in [2.05, 4.69) is 5.32 Å². The number of thiophene rings is 1. The summed E-state index contributed by atoms with van der Waals surface area (Å²) in [6.45, 7) is 1.81. The summed E-state index contributed by atoms with van der Waals surface area (Å²) in [7, 11) is 0. The fraction of sp³-hybridized carbons (Fsp3) is 0.417. The summed E-state index contributed by atoms with van der Waals surface area (Å²) in [5.74, 6) is -1.02. The molecule has 0 saturated carbocycles. The summed E-state index contributed by atoms with van der Waals surface area (Å²) >= 11 is 12.9. The van der Waals surface area contributed by atoms with Gasteiger partial charge < -0.3 is 0 Å². The first-order valence-electron chi connectivity index (χ1n) is 5.98. The van der Waals surface area contributed by atoms with Crippen LogP contribution in [0.5, 0.6) is 0 Å². The monoisotopic (exact) mass is 334 g/mol. The van der Waals surface area contributed by atoms with E-state index in [-0.39, 0.29) is 24.8 Å². The minimum Gasteiger partial charge on any atom is -0.294 e. The molecule has 1 fully saturated rings. The van der Waals surface area contributed by atoms with Gasteiger partial charge in [-0.05, 0) is 12.5 Å². The van der Waals surface area contributed by atoms with Gasteiger partial charge in [0.2, 0.25) is 11.8 Å². The maximum Gasteiger partial charge on any atom is 0.243 e. The number of amides is 2. The molecular formula is C12H12Cl2N2O3S. The summed E-state index contributed by atoms with van der Waals surface area (Å²) in [6.07, 6.45) is 0.518. The van der Waals surface area contributed by atoms with Crippen molar-refractivity contribution in [1.29, 1.82) is 0 Å². The van der Waals surface area contributed by atoms with E-state index in [1.807, 2.05) is 6.92 Å². The molecule has 1 atom stereocenters. The van der Waals surface area contributed by atoms with E-state index in [9.17, 15) is 14.4 Å². The van der Waals surface area contributed by atoms with Gasteiger partial charge in [0.25, 0.3) is 0 Å². The third-order valence-electron chi connectivity index (χ3n) is 3.04. The van der Waals surface area contributed by atoms with Gasteiger partial charge in [0.1, 0.15) is 4.34 Å². The van der Waals surface area contributed by atoms with E-state index in [0.717, 1.165) is 11.3 Å². The van der Waals surface area contributed by atoms with E-state index in [1.165, 1.54) is 6.07 Å². The average Bonchev–Trinajstić information content (AvgIpc) is 2.68. The molecule has 108 valence electrons. The Morgan fingerprint density at radius 3 is 2.75 bits per heavy atom. The van der Waals surface area contributed by atoms with E-state index in [4.69, 9.17) is 23.2 Å². The van der Waals surface area contributed by atoms with E-state index >= 15 is 0 Å². The van der Waals surface area contributed by atoms with Gasteiger partial charge in [-0.1, -0.05) is 30.1 Å². The number of imide groups is 1. The fourth-order valence-corrected chi connectivity index (χ4v) is 3.63. The number of Topliss-reactive ketones (excluding diaryl/α,β-unsaturated/α-hetero) is 1. The van der Waals surface area contributed by atoms with Gasteiger partial charge in [-0.3, -0.25) is 24.6 Å². The van der Waals surface area contributed by atoms with Crippen LogP contribution in [0.3, 0.4) is 0 Å². The highest BCUT2D eigenvalue weighted by Crippen LogP contribution is 2.31. The molecule has 0 aromatic carbocycles. The molecule has 5 nitrogen and oxygen atoms in total. The van der Waals surface area contributed by atoms with Crippen LogP contribution in [-0.2, 0) is 9.59 Å². The largest absolute Gasteiger partial charge is 0.294 e. The minimum absolute atomic E-state index is 0.0193. The van der Waals surface area contributed by atoms with E-state index in [1.54, 1.807) is 4.90 Å². The lowest BCUT2D eigenvalue weighted by molar-refractivity contribution is -0.139. The van der Waals surface area contributed by atoms with Crippen molar-refractivity contribution in [1.82, 2.24) is 10.2 Å². The van der Waals surface area contributed by atoms with Crippen molar-refractivity contribution < 1.29 is 14.4 Å². The van der Waals surface area contributed by atoms with Crippen LogP contribution in [0.25, 0.3) is 0 Å². The molecule has 0 spiro atoms. The van der Waals surface area contributed by atoms with Crippen molar-refractivity contribution in [3.63, 3.8) is 0 Å². The number of carbonyl (C=O) groups is 3. The van der Waals surface area contributed by atoms with Gasteiger partial charge in [-0.2, -0.15) is 0 Å². The number of hydrogen-bond acceptors (Lipinski definition) is 5. The molecular weight excluding hydrogens is 323 g/mol. The van der Waals surface area contributed by atoms with Gasteiger partial charge in [0, 0.05) is 0 Å². The number of halogens is 2. The van der Waals surface area contributed by atoms with Crippen LogP contribution >= 0.6 is 34.5 Å². The Bertz CT molecular complexity index is 573. The maximum absolute atomic E-state index is 12.2. The summed E-state index contributed by atoms with van der Waals surface area (Å²) in [5, 5.41) is 2.26. The molecule has 1 N–H and O–H groups in total. The summed E-state index contributed by atoms with van der Waals surface area (Å²) < 4.78 is 0.749. The Morgan fingerprint density at radius 2 is 2.20 bits per heavy atom. The SMILES string of the molecule is CCC1C(=O)NC(=O)CN1CC(=O)c1cc(Cl)sc1Cl. The number of nitrogens with one attached hydrogen (secondary N) is 1. The second kappa shape index (κ2) is 6.22. The maximum atomic E-state index is 12.2. The van der Waals surface area contributed by atoms with Crippen LogP contribution in [0.4, 0.5) is 0 Å². The predicted molar refractivity (Wildman–Crippen MR) is 77.5 cm³/mol. The van der Waals surface area contributed by atoms with E-state index < -0.39 is 11.9 Å². The molecule has 1 aliphatic heterocycles. The Kier molecular flexibility index (Phi) is 4.80. The zero-order valence-electron chi connectivity index (χ0n) is 10.6. The summed E-state index contributed by atoms with van der Waals surface area (Å²) in [4.78, 5) is 36.9. The Labute approximate surface area is 129 Å². The van der Waals surface area contributed by atoms with Crippen LogP contribution in [0.2, 0.25) is 8.67 Å². The molecule has 2 heterocycles. The molecule has 8 heteroatoms. The first-order valence-corrected chi connectivity index (χ1v) is 7.55. The van der Waals surface area contributed by atoms with Crippen molar-refractivity contribution in [2.24, 2.45) is 0 Å². The molecule has 0 bridgehead atoms. The fourth-order valence-electron chi connectivity index (χ4n) is 2.13. The first kappa shape index (κ1) is 15.4. The first-order chi connectivity index (χ1) is 9.42. The summed E-state index contributed by atoms with van der Waals surface area (Å²) in [6, 6.07) is 1.02. The zero-order chi connectivity index (χ0) is 14.9. The second-order valence-electron chi connectivity index (χ2n) is 4.40. The third-order valence-corrected chi connectivity index (χ3v) is 4.53. The Morgan fingerprint density at radius 1 is 1.50 bits per heavy atom. The topological polar surface area (TPSA) is 66.5 Å². The molecule has 20 heavy (non-hydrogen) atoms. The van der Waals surface area contributed by atoms with Gasteiger partial charge in [0.05, 0.1) is 29.0 Å². The van der Waals surface area contributed by atoms with Crippen molar-refractivity contribution in [2.75, 3.05) is 13.1 Å². The minimum atomic E-state index is -0.482. The standard InChI is InChI=1S/C12H12Cl2N2O3S/c1-2-7-12(19)15-10(18)5-16(7)4-8(17)6-3-9(13)20-11(6)14/h3,7H,2,4-5H2,1H3,(H,15,18,19). The van der Waals surface area contributed by atoms with Gasteiger partial charge >= 0.3 is 0 Å². The number of hydrogen-bond donors (Lipinski definition) is 1. The molecule has 0 aliphatic carbocycles.